The monoisotopic (exact) mass is 461 g/mol. The number of hydrogen-bond acceptors (Lipinski definition) is 8. The highest BCUT2D eigenvalue weighted by molar-refractivity contribution is 6.05. The number of benzene rings is 1. The quantitative estimate of drug-likeness (QED) is 0.226. The number of Topliss-reactive ketones (excluding diaryl/α,β-unsaturated/α-hetero) is 1. The molecule has 4 rings (SSSR count). The first-order valence-electron chi connectivity index (χ1n) is 10.8. The van der Waals surface area contributed by atoms with Crippen molar-refractivity contribution in [3.8, 4) is 11.5 Å². The Morgan fingerprint density at radius 2 is 1.91 bits per heavy atom. The zero-order valence-electron chi connectivity index (χ0n) is 18.8. The van der Waals surface area contributed by atoms with Gasteiger partial charge in [0.2, 0.25) is 5.91 Å². The molecule has 3 heterocycles. The van der Waals surface area contributed by atoms with Gasteiger partial charge < -0.3 is 19.0 Å². The molecule has 174 valence electrons. The number of nitrogens with one attached hydrogen (secondary N) is 1. The van der Waals surface area contributed by atoms with Crippen molar-refractivity contribution in [1.82, 2.24) is 15.5 Å². The van der Waals surface area contributed by atoms with Gasteiger partial charge >= 0.3 is 5.97 Å². The summed E-state index contributed by atoms with van der Waals surface area (Å²) < 4.78 is 15.9. The average Bonchev–Trinajstić information content (AvgIpc) is 3.50. The van der Waals surface area contributed by atoms with Crippen LogP contribution in [0.4, 0.5) is 0 Å². The first kappa shape index (κ1) is 22.9. The number of fused-ring (bicyclic) bond motifs is 1. The van der Waals surface area contributed by atoms with Crippen LogP contribution < -0.4 is 5.32 Å². The van der Waals surface area contributed by atoms with Crippen molar-refractivity contribution in [2.45, 2.75) is 26.7 Å². The van der Waals surface area contributed by atoms with E-state index >= 15 is 0 Å². The molecule has 9 heteroatoms. The van der Waals surface area contributed by atoms with Gasteiger partial charge in [-0.25, -0.2) is 9.78 Å². The molecular formula is C25H23N3O6. The van der Waals surface area contributed by atoms with Crippen molar-refractivity contribution in [1.29, 1.82) is 0 Å². The fourth-order valence-electron chi connectivity index (χ4n) is 3.51. The van der Waals surface area contributed by atoms with Crippen molar-refractivity contribution in [2.24, 2.45) is 0 Å². The lowest BCUT2D eigenvalue weighted by atomic mass is 10.1. The molecule has 9 nitrogen and oxygen atoms in total. The topological polar surface area (TPSA) is 125 Å². The van der Waals surface area contributed by atoms with Crippen molar-refractivity contribution < 1.29 is 28.1 Å². The Kier molecular flexibility index (Phi) is 6.82. The lowest BCUT2D eigenvalue weighted by Gasteiger charge is -2.07. The minimum absolute atomic E-state index is 0.0561. The van der Waals surface area contributed by atoms with E-state index in [1.54, 1.807) is 31.2 Å². The Hall–Kier alpha value is -4.27. The Morgan fingerprint density at radius 1 is 1.12 bits per heavy atom. The molecule has 1 aromatic carbocycles. The molecule has 0 fully saturated rings. The van der Waals surface area contributed by atoms with E-state index in [1.165, 1.54) is 19.3 Å². The van der Waals surface area contributed by atoms with E-state index in [-0.39, 0.29) is 23.0 Å². The SMILES string of the molecule is CC(=O)NCCCc1ccc(C(=O)COC(=O)c2cc(-c3ccco3)nc3onc(C)c23)cc1. The minimum atomic E-state index is -0.686. The van der Waals surface area contributed by atoms with Crippen molar-refractivity contribution in [3.63, 3.8) is 0 Å². The van der Waals surface area contributed by atoms with Crippen LogP contribution in [-0.4, -0.2) is 41.0 Å². The number of hydrogen-bond donors (Lipinski definition) is 1. The van der Waals surface area contributed by atoms with Gasteiger partial charge in [-0.3, -0.25) is 9.59 Å². The number of esters is 1. The number of ketones is 1. The summed E-state index contributed by atoms with van der Waals surface area (Å²) in [4.78, 5) is 40.7. The van der Waals surface area contributed by atoms with Crippen LogP contribution in [0.5, 0.6) is 0 Å². The van der Waals surface area contributed by atoms with Gasteiger partial charge in [0.1, 0.15) is 5.69 Å². The largest absolute Gasteiger partial charge is 0.463 e. The number of nitrogens with zero attached hydrogens (tertiary/aromatic N) is 2. The molecule has 0 saturated carbocycles. The number of ether oxygens (including phenoxy) is 1. The summed E-state index contributed by atoms with van der Waals surface area (Å²) in [7, 11) is 0. The molecule has 0 atom stereocenters. The minimum Gasteiger partial charge on any atom is -0.463 e. The summed E-state index contributed by atoms with van der Waals surface area (Å²) in [6, 6.07) is 12.1. The Bertz CT molecular complexity index is 1320. The standard InChI is InChI=1S/C25H23N3O6/c1-15-23-19(13-20(22-6-4-12-32-22)27-24(23)34-28-15)25(31)33-14-21(30)18-9-7-17(8-10-18)5-3-11-26-16(2)29/h4,6-10,12-13H,3,5,11,14H2,1-2H3,(H,26,29). The number of amides is 1. The van der Waals surface area contributed by atoms with Crippen LogP contribution in [-0.2, 0) is 16.0 Å². The molecule has 1 N–H and O–H groups in total. The summed E-state index contributed by atoms with van der Waals surface area (Å²) >= 11 is 0. The van der Waals surface area contributed by atoms with Crippen LogP contribution >= 0.6 is 0 Å². The van der Waals surface area contributed by atoms with E-state index in [0.717, 1.165) is 18.4 Å². The summed E-state index contributed by atoms with van der Waals surface area (Å²) in [6.07, 6.45) is 3.07. The third-order valence-corrected chi connectivity index (χ3v) is 5.24. The second-order valence-corrected chi connectivity index (χ2v) is 7.76. The molecule has 34 heavy (non-hydrogen) atoms. The maximum Gasteiger partial charge on any atom is 0.339 e. The smallest absolute Gasteiger partial charge is 0.339 e. The molecule has 0 saturated heterocycles. The highest BCUT2D eigenvalue weighted by Crippen LogP contribution is 2.27. The lowest BCUT2D eigenvalue weighted by molar-refractivity contribution is -0.118. The summed E-state index contributed by atoms with van der Waals surface area (Å²) in [5.74, 6) is -0.608. The first-order valence-corrected chi connectivity index (χ1v) is 10.8. The maximum atomic E-state index is 12.9. The number of aryl methyl sites for hydroxylation is 2. The normalized spacial score (nSPS) is 10.9. The molecule has 1 amide bonds. The molecule has 0 spiro atoms. The fourth-order valence-corrected chi connectivity index (χ4v) is 3.51. The maximum absolute atomic E-state index is 12.9. The lowest BCUT2D eigenvalue weighted by Crippen LogP contribution is -2.21. The molecule has 0 radical (unpaired) electrons. The molecule has 3 aromatic heterocycles. The molecule has 0 aliphatic heterocycles. The number of carbonyl (C=O) groups is 3. The van der Waals surface area contributed by atoms with Crippen molar-refractivity contribution >= 4 is 28.8 Å². The molecule has 0 unspecified atom stereocenters. The van der Waals surface area contributed by atoms with E-state index in [4.69, 9.17) is 13.7 Å². The first-order chi connectivity index (χ1) is 16.4. The number of pyridine rings is 1. The third-order valence-electron chi connectivity index (χ3n) is 5.24. The zero-order valence-corrected chi connectivity index (χ0v) is 18.8. The predicted octanol–water partition coefficient (Wildman–Crippen LogP) is 3.90. The average molecular weight is 461 g/mol. The van der Waals surface area contributed by atoms with Crippen LogP contribution in [0.3, 0.4) is 0 Å². The molecule has 4 aromatic rings. The second-order valence-electron chi connectivity index (χ2n) is 7.76. The molecule has 0 aliphatic carbocycles. The van der Waals surface area contributed by atoms with Crippen LogP contribution in [0.25, 0.3) is 22.6 Å². The van der Waals surface area contributed by atoms with E-state index in [2.05, 4.69) is 15.5 Å². The van der Waals surface area contributed by atoms with Crippen LogP contribution in [0.1, 0.15) is 45.3 Å². The number of rotatable bonds is 9. The summed E-state index contributed by atoms with van der Waals surface area (Å²) in [6.45, 7) is 3.36. The predicted molar refractivity (Wildman–Crippen MR) is 122 cm³/mol. The Morgan fingerprint density at radius 3 is 2.62 bits per heavy atom. The van der Waals surface area contributed by atoms with Gasteiger partial charge in [0.05, 0.1) is 22.9 Å². The van der Waals surface area contributed by atoms with Gasteiger partial charge in [-0.2, -0.15) is 0 Å². The van der Waals surface area contributed by atoms with E-state index in [1.807, 2.05) is 12.1 Å². The summed E-state index contributed by atoms with van der Waals surface area (Å²) in [5, 5.41) is 7.06. The number of aromatic nitrogens is 2. The second kappa shape index (κ2) is 10.1. The van der Waals surface area contributed by atoms with Crippen LogP contribution in [0.15, 0.2) is 57.7 Å². The van der Waals surface area contributed by atoms with Crippen LogP contribution in [0.2, 0.25) is 0 Å². The van der Waals surface area contributed by atoms with E-state index < -0.39 is 12.6 Å². The van der Waals surface area contributed by atoms with Gasteiger partial charge in [-0.1, -0.05) is 29.4 Å². The number of carbonyl (C=O) groups excluding carboxylic acids is 3. The third kappa shape index (κ3) is 5.20. The van der Waals surface area contributed by atoms with Gasteiger partial charge in [0.15, 0.2) is 18.2 Å². The van der Waals surface area contributed by atoms with Crippen LogP contribution in [0, 0.1) is 6.92 Å². The summed E-state index contributed by atoms with van der Waals surface area (Å²) in [5.41, 5.74) is 2.74. The highest BCUT2D eigenvalue weighted by Gasteiger charge is 2.22. The number of furan rings is 1. The van der Waals surface area contributed by atoms with Gasteiger partial charge in [0, 0.05) is 19.0 Å². The molecule has 0 bridgehead atoms. The fraction of sp³-hybridized carbons (Fsp3) is 0.240. The van der Waals surface area contributed by atoms with E-state index in [0.29, 0.717) is 34.6 Å². The Balaban J connectivity index is 1.42. The van der Waals surface area contributed by atoms with Gasteiger partial charge in [-0.15, -0.1) is 0 Å². The van der Waals surface area contributed by atoms with Crippen molar-refractivity contribution in [2.75, 3.05) is 13.2 Å². The Labute approximate surface area is 195 Å². The zero-order chi connectivity index (χ0) is 24.1. The van der Waals surface area contributed by atoms with Crippen molar-refractivity contribution in [3.05, 3.63) is 71.1 Å². The molecule has 0 aliphatic rings. The highest BCUT2D eigenvalue weighted by atomic mass is 16.5. The van der Waals surface area contributed by atoms with Gasteiger partial charge in [-0.05, 0) is 43.5 Å². The van der Waals surface area contributed by atoms with E-state index in [9.17, 15) is 14.4 Å². The van der Waals surface area contributed by atoms with Gasteiger partial charge in [0.25, 0.3) is 5.71 Å². The molecular weight excluding hydrogens is 438 g/mol.